The number of nitrogens with zero attached hydrogens (tertiary/aromatic N) is 2. The Balaban J connectivity index is 2.25. The third kappa shape index (κ3) is 2.85. The van der Waals surface area contributed by atoms with E-state index in [2.05, 4.69) is 28.7 Å². The van der Waals surface area contributed by atoms with Gasteiger partial charge < -0.3 is 5.32 Å². The van der Waals surface area contributed by atoms with E-state index in [9.17, 15) is 0 Å². The number of aryl methyl sites for hydroxylation is 1. The fourth-order valence-electron chi connectivity index (χ4n) is 1.89. The van der Waals surface area contributed by atoms with Gasteiger partial charge in [0.25, 0.3) is 0 Å². The summed E-state index contributed by atoms with van der Waals surface area (Å²) in [6.45, 7) is 5.18. The number of halogens is 1. The monoisotopic (exact) mass is 263 g/mol. The van der Waals surface area contributed by atoms with E-state index in [1.54, 1.807) is 0 Å². The van der Waals surface area contributed by atoms with Crippen LogP contribution >= 0.6 is 11.6 Å². The lowest BCUT2D eigenvalue weighted by atomic mass is 10.2. The van der Waals surface area contributed by atoms with Gasteiger partial charge in [-0.1, -0.05) is 24.9 Å². The molecule has 0 aliphatic heterocycles. The van der Waals surface area contributed by atoms with Crippen LogP contribution in [0, 0.1) is 6.92 Å². The highest BCUT2D eigenvalue weighted by molar-refractivity contribution is 6.30. The Hall–Kier alpha value is -1.48. The molecule has 3 nitrogen and oxygen atoms in total. The van der Waals surface area contributed by atoms with Crippen molar-refractivity contribution in [3.8, 4) is 5.69 Å². The molecule has 1 N–H and O–H groups in total. The zero-order chi connectivity index (χ0) is 13.0. The zero-order valence-electron chi connectivity index (χ0n) is 10.8. The second kappa shape index (κ2) is 5.91. The standard InChI is InChI=1S/C14H18ClN3/c1-3-4-7-16-14-17-8-9-18(14)13-6-5-12(15)10-11(13)2/h5-6,8-10H,3-4,7H2,1-2H3,(H,16,17). The van der Waals surface area contributed by atoms with Gasteiger partial charge in [0.1, 0.15) is 0 Å². The molecule has 0 saturated carbocycles. The first-order valence-electron chi connectivity index (χ1n) is 6.26. The highest BCUT2D eigenvalue weighted by Gasteiger charge is 2.06. The van der Waals surface area contributed by atoms with Crippen LogP contribution in [0.3, 0.4) is 0 Å². The molecular weight excluding hydrogens is 246 g/mol. The minimum atomic E-state index is 0.761. The lowest BCUT2D eigenvalue weighted by Gasteiger charge is -2.12. The van der Waals surface area contributed by atoms with Crippen molar-refractivity contribution in [3.63, 3.8) is 0 Å². The summed E-state index contributed by atoms with van der Waals surface area (Å²) < 4.78 is 2.06. The van der Waals surface area contributed by atoms with Crippen molar-refractivity contribution < 1.29 is 0 Å². The molecule has 4 heteroatoms. The Morgan fingerprint density at radius 3 is 2.94 bits per heavy atom. The van der Waals surface area contributed by atoms with E-state index >= 15 is 0 Å². The number of nitrogens with one attached hydrogen (secondary N) is 1. The van der Waals surface area contributed by atoms with Crippen molar-refractivity contribution in [2.24, 2.45) is 0 Å². The molecule has 0 aliphatic carbocycles. The Morgan fingerprint density at radius 1 is 1.39 bits per heavy atom. The summed E-state index contributed by atoms with van der Waals surface area (Å²) in [7, 11) is 0. The summed E-state index contributed by atoms with van der Waals surface area (Å²) in [4.78, 5) is 4.35. The Labute approximate surface area is 113 Å². The molecule has 0 unspecified atom stereocenters. The molecule has 1 heterocycles. The van der Waals surface area contributed by atoms with Gasteiger partial charge in [-0.25, -0.2) is 4.98 Å². The number of hydrogen-bond acceptors (Lipinski definition) is 2. The van der Waals surface area contributed by atoms with E-state index in [1.165, 1.54) is 6.42 Å². The maximum Gasteiger partial charge on any atom is 0.207 e. The molecule has 0 atom stereocenters. The van der Waals surface area contributed by atoms with Crippen molar-refractivity contribution >= 4 is 17.5 Å². The number of unbranched alkanes of at least 4 members (excludes halogenated alkanes) is 1. The fraction of sp³-hybridized carbons (Fsp3) is 0.357. The van der Waals surface area contributed by atoms with Crippen molar-refractivity contribution in [1.82, 2.24) is 9.55 Å². The molecule has 0 radical (unpaired) electrons. The molecular formula is C14H18ClN3. The third-order valence-electron chi connectivity index (χ3n) is 2.87. The largest absolute Gasteiger partial charge is 0.355 e. The molecule has 0 spiro atoms. The van der Waals surface area contributed by atoms with E-state index in [1.807, 2.05) is 30.6 Å². The maximum absolute atomic E-state index is 5.98. The molecule has 0 saturated heterocycles. The van der Waals surface area contributed by atoms with Crippen LogP contribution in [-0.2, 0) is 0 Å². The number of benzene rings is 1. The average Bonchev–Trinajstić information content (AvgIpc) is 2.78. The second-order valence-corrected chi connectivity index (χ2v) is 4.77. The van der Waals surface area contributed by atoms with Gasteiger partial charge >= 0.3 is 0 Å². The first-order valence-corrected chi connectivity index (χ1v) is 6.64. The van der Waals surface area contributed by atoms with E-state index in [-0.39, 0.29) is 0 Å². The molecule has 2 rings (SSSR count). The van der Waals surface area contributed by atoms with Crippen molar-refractivity contribution in [1.29, 1.82) is 0 Å². The molecule has 0 amide bonds. The summed E-state index contributed by atoms with van der Waals surface area (Å²) in [5.74, 6) is 0.883. The number of anilines is 1. The van der Waals surface area contributed by atoms with Crippen LogP contribution in [-0.4, -0.2) is 16.1 Å². The van der Waals surface area contributed by atoms with Crippen LogP contribution in [0.5, 0.6) is 0 Å². The highest BCUT2D eigenvalue weighted by Crippen LogP contribution is 2.21. The Bertz CT molecular complexity index is 520. The Kier molecular flexibility index (Phi) is 4.26. The van der Waals surface area contributed by atoms with E-state index in [4.69, 9.17) is 11.6 Å². The smallest absolute Gasteiger partial charge is 0.207 e. The third-order valence-corrected chi connectivity index (χ3v) is 3.11. The van der Waals surface area contributed by atoms with Crippen LogP contribution in [0.15, 0.2) is 30.6 Å². The van der Waals surface area contributed by atoms with E-state index in [0.29, 0.717) is 0 Å². The predicted molar refractivity (Wildman–Crippen MR) is 76.7 cm³/mol. The van der Waals surface area contributed by atoms with Crippen LogP contribution < -0.4 is 5.32 Å². The van der Waals surface area contributed by atoms with Crippen LogP contribution in [0.25, 0.3) is 5.69 Å². The normalized spacial score (nSPS) is 10.6. The number of hydrogen-bond donors (Lipinski definition) is 1. The quantitative estimate of drug-likeness (QED) is 0.825. The van der Waals surface area contributed by atoms with Gasteiger partial charge in [0.15, 0.2) is 0 Å². The molecule has 0 aliphatic rings. The van der Waals surface area contributed by atoms with Crippen molar-refractivity contribution in [2.75, 3.05) is 11.9 Å². The van der Waals surface area contributed by atoms with Gasteiger partial charge in [-0.3, -0.25) is 4.57 Å². The minimum Gasteiger partial charge on any atom is -0.355 e. The lowest BCUT2D eigenvalue weighted by molar-refractivity contribution is 0.823. The average molecular weight is 264 g/mol. The zero-order valence-corrected chi connectivity index (χ0v) is 11.5. The van der Waals surface area contributed by atoms with Gasteiger partial charge in [0.2, 0.25) is 5.95 Å². The van der Waals surface area contributed by atoms with Crippen LogP contribution in [0.1, 0.15) is 25.3 Å². The van der Waals surface area contributed by atoms with Crippen LogP contribution in [0.4, 0.5) is 5.95 Å². The van der Waals surface area contributed by atoms with Gasteiger partial charge in [-0.2, -0.15) is 0 Å². The van der Waals surface area contributed by atoms with Gasteiger partial charge in [0, 0.05) is 24.0 Å². The molecule has 0 fully saturated rings. The predicted octanol–water partition coefficient (Wildman–Crippen LogP) is 4.05. The molecule has 18 heavy (non-hydrogen) atoms. The van der Waals surface area contributed by atoms with Crippen molar-refractivity contribution in [3.05, 3.63) is 41.2 Å². The summed E-state index contributed by atoms with van der Waals surface area (Å²) in [6.07, 6.45) is 6.09. The SMILES string of the molecule is CCCCNc1nccn1-c1ccc(Cl)cc1C. The second-order valence-electron chi connectivity index (χ2n) is 4.33. The fourth-order valence-corrected chi connectivity index (χ4v) is 2.12. The molecule has 96 valence electrons. The Morgan fingerprint density at radius 2 is 2.22 bits per heavy atom. The van der Waals surface area contributed by atoms with E-state index in [0.717, 1.165) is 35.2 Å². The summed E-state index contributed by atoms with van der Waals surface area (Å²) in [5.41, 5.74) is 2.25. The summed E-state index contributed by atoms with van der Waals surface area (Å²) in [5, 5.41) is 4.11. The summed E-state index contributed by atoms with van der Waals surface area (Å²) >= 11 is 5.98. The highest BCUT2D eigenvalue weighted by atomic mass is 35.5. The van der Waals surface area contributed by atoms with E-state index < -0.39 is 0 Å². The van der Waals surface area contributed by atoms with Crippen molar-refractivity contribution in [2.45, 2.75) is 26.7 Å². The topological polar surface area (TPSA) is 29.9 Å². The first kappa shape index (κ1) is 13.0. The summed E-state index contributed by atoms with van der Waals surface area (Å²) in [6, 6.07) is 5.89. The molecule has 1 aromatic heterocycles. The molecule has 2 aromatic rings. The number of rotatable bonds is 5. The minimum absolute atomic E-state index is 0.761. The maximum atomic E-state index is 5.98. The van der Waals surface area contributed by atoms with Crippen LogP contribution in [0.2, 0.25) is 5.02 Å². The molecule has 1 aromatic carbocycles. The van der Waals surface area contributed by atoms with Gasteiger partial charge in [-0.05, 0) is 37.1 Å². The number of imidazole rings is 1. The van der Waals surface area contributed by atoms with Gasteiger partial charge in [0.05, 0.1) is 5.69 Å². The molecule has 0 bridgehead atoms. The van der Waals surface area contributed by atoms with Gasteiger partial charge in [-0.15, -0.1) is 0 Å². The number of aromatic nitrogens is 2. The first-order chi connectivity index (χ1) is 8.72. The lowest BCUT2D eigenvalue weighted by Crippen LogP contribution is -2.08.